The Balaban J connectivity index is 0. The topological polar surface area (TPSA) is 32.3 Å². The molecule has 0 radical (unpaired) electrons. The van der Waals surface area contributed by atoms with Gasteiger partial charge in [-0.25, -0.2) is 0 Å². The Kier molecular flexibility index (Phi) is 15.4. The Morgan fingerprint density at radius 2 is 1.91 bits per heavy atom. The van der Waals surface area contributed by atoms with Crippen LogP contribution in [0, 0.1) is 5.92 Å². The van der Waals surface area contributed by atoms with Gasteiger partial charge < -0.3 is 10.4 Å². The molecule has 0 aliphatic carbocycles. The van der Waals surface area contributed by atoms with E-state index in [9.17, 15) is 0 Å². The molecule has 11 heavy (non-hydrogen) atoms. The average Bonchev–Trinajstić information content (AvgIpc) is 2.08. The van der Waals surface area contributed by atoms with Crippen LogP contribution in [0.25, 0.3) is 0 Å². The van der Waals surface area contributed by atoms with Crippen LogP contribution in [0.1, 0.15) is 33.6 Å². The predicted molar refractivity (Wildman–Crippen MR) is 50.8 cm³/mol. The average molecular weight is 161 g/mol. The molecule has 2 heteroatoms. The molecule has 0 amide bonds. The smallest absolute Gasteiger partial charge is 0.0456 e. The molecular formula is C9H23NO. The third-order valence-electron chi connectivity index (χ3n) is 1.44. The molecule has 0 saturated heterocycles. The van der Waals surface area contributed by atoms with Gasteiger partial charge >= 0.3 is 0 Å². The van der Waals surface area contributed by atoms with E-state index in [1.807, 2.05) is 20.9 Å². The Bertz CT molecular complexity index is 57.5. The second kappa shape index (κ2) is 12.6. The van der Waals surface area contributed by atoms with Gasteiger partial charge in [-0.05, 0) is 32.4 Å². The van der Waals surface area contributed by atoms with Crippen molar-refractivity contribution >= 4 is 0 Å². The highest BCUT2D eigenvalue weighted by Gasteiger charge is 1.96. The largest absolute Gasteiger partial charge is 0.396 e. The van der Waals surface area contributed by atoms with Crippen LogP contribution in [0.5, 0.6) is 0 Å². The van der Waals surface area contributed by atoms with Crippen molar-refractivity contribution < 1.29 is 5.11 Å². The molecule has 2 nitrogen and oxygen atoms in total. The van der Waals surface area contributed by atoms with Gasteiger partial charge in [0.15, 0.2) is 0 Å². The first-order chi connectivity index (χ1) is 5.31. The number of aliphatic hydroxyl groups is 1. The standard InChI is InChI=1S/C7H17NO.C2H6/c1-7(6-9)4-3-5-8-2;1-2/h7-9H,3-6H2,1-2H3;1-2H3/t7-;/m0./s1. The highest BCUT2D eigenvalue weighted by atomic mass is 16.3. The van der Waals surface area contributed by atoms with E-state index in [0.717, 1.165) is 19.4 Å². The Morgan fingerprint density at radius 1 is 1.36 bits per heavy atom. The van der Waals surface area contributed by atoms with E-state index < -0.39 is 0 Å². The minimum atomic E-state index is 0.323. The highest BCUT2D eigenvalue weighted by Crippen LogP contribution is 2.01. The molecule has 70 valence electrons. The second-order valence-corrected chi connectivity index (χ2v) is 2.53. The van der Waals surface area contributed by atoms with Gasteiger partial charge in [0.1, 0.15) is 0 Å². The van der Waals surface area contributed by atoms with Crippen LogP contribution in [0.15, 0.2) is 0 Å². The highest BCUT2D eigenvalue weighted by molar-refractivity contribution is 4.50. The third-order valence-corrected chi connectivity index (χ3v) is 1.44. The zero-order valence-corrected chi connectivity index (χ0v) is 8.35. The van der Waals surface area contributed by atoms with Gasteiger partial charge in [0.2, 0.25) is 0 Å². The van der Waals surface area contributed by atoms with Crippen molar-refractivity contribution in [2.45, 2.75) is 33.6 Å². The molecule has 1 atom stereocenters. The maximum absolute atomic E-state index is 8.61. The van der Waals surface area contributed by atoms with Gasteiger partial charge in [-0.15, -0.1) is 0 Å². The lowest BCUT2D eigenvalue weighted by atomic mass is 10.1. The van der Waals surface area contributed by atoms with Gasteiger partial charge in [0.25, 0.3) is 0 Å². The summed E-state index contributed by atoms with van der Waals surface area (Å²) in [5.41, 5.74) is 0. The fourth-order valence-electron chi connectivity index (χ4n) is 0.719. The Morgan fingerprint density at radius 3 is 2.27 bits per heavy atom. The summed E-state index contributed by atoms with van der Waals surface area (Å²) >= 11 is 0. The lowest BCUT2D eigenvalue weighted by Crippen LogP contribution is -2.10. The molecule has 0 aromatic heterocycles. The zero-order chi connectivity index (χ0) is 9.11. The lowest BCUT2D eigenvalue weighted by Gasteiger charge is -2.05. The normalized spacial score (nSPS) is 11.7. The van der Waals surface area contributed by atoms with Crippen molar-refractivity contribution in [2.24, 2.45) is 5.92 Å². The van der Waals surface area contributed by atoms with E-state index in [2.05, 4.69) is 12.2 Å². The van der Waals surface area contributed by atoms with Crippen LogP contribution in [-0.2, 0) is 0 Å². The molecule has 0 aromatic rings. The van der Waals surface area contributed by atoms with E-state index in [1.165, 1.54) is 0 Å². The van der Waals surface area contributed by atoms with Crippen LogP contribution in [-0.4, -0.2) is 25.3 Å². The first-order valence-electron chi connectivity index (χ1n) is 4.56. The van der Waals surface area contributed by atoms with Crippen molar-refractivity contribution in [2.75, 3.05) is 20.2 Å². The molecule has 0 rings (SSSR count). The van der Waals surface area contributed by atoms with Crippen molar-refractivity contribution in [1.29, 1.82) is 0 Å². The van der Waals surface area contributed by atoms with Crippen molar-refractivity contribution in [3.63, 3.8) is 0 Å². The Hall–Kier alpha value is -0.0800. The van der Waals surface area contributed by atoms with Crippen LogP contribution in [0.3, 0.4) is 0 Å². The van der Waals surface area contributed by atoms with Crippen LogP contribution >= 0.6 is 0 Å². The summed E-state index contributed by atoms with van der Waals surface area (Å²) in [5, 5.41) is 11.7. The minimum absolute atomic E-state index is 0.323. The molecule has 0 aliphatic rings. The summed E-state index contributed by atoms with van der Waals surface area (Å²) in [6.45, 7) is 7.45. The first kappa shape index (κ1) is 13.5. The Labute approximate surface area is 71.0 Å². The quantitative estimate of drug-likeness (QED) is 0.601. The maximum atomic E-state index is 8.61. The fraction of sp³-hybridized carbons (Fsp3) is 1.00. The van der Waals surface area contributed by atoms with E-state index in [1.54, 1.807) is 0 Å². The lowest BCUT2D eigenvalue weighted by molar-refractivity contribution is 0.228. The summed E-state index contributed by atoms with van der Waals surface area (Å²) < 4.78 is 0. The van der Waals surface area contributed by atoms with E-state index in [-0.39, 0.29) is 0 Å². The van der Waals surface area contributed by atoms with Gasteiger partial charge in [-0.1, -0.05) is 20.8 Å². The molecule has 0 bridgehead atoms. The van der Waals surface area contributed by atoms with Gasteiger partial charge in [-0.3, -0.25) is 0 Å². The van der Waals surface area contributed by atoms with Crippen LogP contribution < -0.4 is 5.32 Å². The van der Waals surface area contributed by atoms with Gasteiger partial charge in [0.05, 0.1) is 0 Å². The first-order valence-corrected chi connectivity index (χ1v) is 4.56. The fourth-order valence-corrected chi connectivity index (χ4v) is 0.719. The summed E-state index contributed by atoms with van der Waals surface area (Å²) in [5.74, 6) is 0.471. The molecule has 0 saturated carbocycles. The minimum Gasteiger partial charge on any atom is -0.396 e. The second-order valence-electron chi connectivity index (χ2n) is 2.53. The van der Waals surface area contributed by atoms with Crippen LogP contribution in [0.2, 0.25) is 0 Å². The number of hydrogen-bond acceptors (Lipinski definition) is 2. The molecular weight excluding hydrogens is 138 g/mol. The summed E-state index contributed by atoms with van der Waals surface area (Å²) in [7, 11) is 1.95. The van der Waals surface area contributed by atoms with E-state index in [0.29, 0.717) is 12.5 Å². The number of nitrogens with one attached hydrogen (secondary N) is 1. The number of aliphatic hydroxyl groups excluding tert-OH is 1. The summed E-state index contributed by atoms with van der Waals surface area (Å²) in [6.07, 6.45) is 2.29. The predicted octanol–water partition coefficient (Wildman–Crippen LogP) is 1.64. The third kappa shape index (κ3) is 13.0. The molecule has 0 aliphatic heterocycles. The molecule has 0 heterocycles. The molecule has 0 fully saturated rings. The SMILES string of the molecule is CC.CNCCC[C@H](C)CO. The number of hydrogen-bond donors (Lipinski definition) is 2. The van der Waals surface area contributed by atoms with E-state index >= 15 is 0 Å². The monoisotopic (exact) mass is 161 g/mol. The molecule has 0 unspecified atom stereocenters. The summed E-state index contributed by atoms with van der Waals surface area (Å²) in [6, 6.07) is 0. The van der Waals surface area contributed by atoms with Crippen molar-refractivity contribution in [3.8, 4) is 0 Å². The molecule has 0 aromatic carbocycles. The summed E-state index contributed by atoms with van der Waals surface area (Å²) in [4.78, 5) is 0. The van der Waals surface area contributed by atoms with Crippen molar-refractivity contribution in [3.05, 3.63) is 0 Å². The van der Waals surface area contributed by atoms with E-state index in [4.69, 9.17) is 5.11 Å². The number of rotatable bonds is 5. The molecule has 2 N–H and O–H groups in total. The van der Waals surface area contributed by atoms with Crippen LogP contribution in [0.4, 0.5) is 0 Å². The molecule has 0 spiro atoms. The maximum Gasteiger partial charge on any atom is 0.0456 e. The van der Waals surface area contributed by atoms with Gasteiger partial charge in [0, 0.05) is 6.61 Å². The van der Waals surface area contributed by atoms with Crippen molar-refractivity contribution in [1.82, 2.24) is 5.32 Å². The zero-order valence-electron chi connectivity index (χ0n) is 8.35. The van der Waals surface area contributed by atoms with Gasteiger partial charge in [-0.2, -0.15) is 0 Å².